The van der Waals surface area contributed by atoms with Crippen molar-refractivity contribution in [3.8, 4) is 28.4 Å². The average Bonchev–Trinajstić information content (AvgIpc) is 3.97. The van der Waals surface area contributed by atoms with Gasteiger partial charge in [-0.15, -0.1) is 11.8 Å². The van der Waals surface area contributed by atoms with Crippen LogP contribution < -0.4 is 14.2 Å². The summed E-state index contributed by atoms with van der Waals surface area (Å²) in [7, 11) is 7.52. The second kappa shape index (κ2) is 20.9. The van der Waals surface area contributed by atoms with Gasteiger partial charge in [-0.2, -0.15) is 10.2 Å². The van der Waals surface area contributed by atoms with Gasteiger partial charge in [0.1, 0.15) is 29.4 Å². The maximum absolute atomic E-state index is 11.5. The van der Waals surface area contributed by atoms with E-state index >= 15 is 0 Å². The van der Waals surface area contributed by atoms with Crippen LogP contribution in [0.25, 0.3) is 32.9 Å². The van der Waals surface area contributed by atoms with Crippen molar-refractivity contribution >= 4 is 51.1 Å². The lowest BCUT2D eigenvalue weighted by Crippen LogP contribution is -2.23. The van der Waals surface area contributed by atoms with Crippen LogP contribution in [0.4, 0.5) is 0 Å². The summed E-state index contributed by atoms with van der Waals surface area (Å²) >= 11 is 9.10. The number of hydrogen-bond acceptors (Lipinski definition) is 10. The van der Waals surface area contributed by atoms with Crippen molar-refractivity contribution in [1.82, 2.24) is 34.0 Å². The number of carbonyl (C=O) groups excluding carboxylic acids is 1. The van der Waals surface area contributed by atoms with Crippen molar-refractivity contribution in [2.24, 2.45) is 14.1 Å². The summed E-state index contributed by atoms with van der Waals surface area (Å²) in [4.78, 5) is 19.7. The van der Waals surface area contributed by atoms with E-state index in [0.717, 1.165) is 117 Å². The molecule has 9 rings (SSSR count). The lowest BCUT2D eigenvalue weighted by molar-refractivity contribution is -0.141. The number of thioether (sulfide) groups is 1. The van der Waals surface area contributed by atoms with E-state index in [4.69, 9.17) is 40.7 Å². The topological polar surface area (TPSA) is 111 Å². The molecule has 0 spiro atoms. The Hall–Kier alpha value is -6.28. The van der Waals surface area contributed by atoms with E-state index in [1.807, 2.05) is 60.3 Å². The maximum Gasteiger partial charge on any atom is 0.302 e. The molecule has 0 saturated heterocycles. The van der Waals surface area contributed by atoms with E-state index in [1.165, 1.54) is 29.3 Å². The summed E-state index contributed by atoms with van der Waals surface area (Å²) in [6.07, 6.45) is 6.44. The van der Waals surface area contributed by atoms with Gasteiger partial charge in [-0.25, -0.2) is 0 Å². The van der Waals surface area contributed by atoms with E-state index in [9.17, 15) is 4.79 Å². The highest BCUT2D eigenvalue weighted by atomic mass is 35.5. The van der Waals surface area contributed by atoms with Gasteiger partial charge in [0.25, 0.3) is 0 Å². The predicted molar refractivity (Wildman–Crippen MR) is 270 cm³/mol. The van der Waals surface area contributed by atoms with Crippen LogP contribution in [0.2, 0.25) is 5.02 Å². The maximum atomic E-state index is 11.5. The first kappa shape index (κ1) is 46.8. The highest BCUT2D eigenvalue weighted by Gasteiger charge is 2.29. The minimum absolute atomic E-state index is 0.256. The fourth-order valence-corrected chi connectivity index (χ4v) is 10.7. The molecule has 352 valence electrons. The quantitative estimate of drug-likeness (QED) is 0.0441. The number of benzene rings is 4. The first-order chi connectivity index (χ1) is 33.1. The third-order valence-electron chi connectivity index (χ3n) is 13.0. The molecule has 0 radical (unpaired) electrons. The number of hydrogen-bond donors (Lipinski definition) is 0. The minimum Gasteiger partial charge on any atom is -0.497 e. The van der Waals surface area contributed by atoms with Crippen LogP contribution in [0.15, 0.2) is 102 Å². The molecule has 0 aliphatic carbocycles. The van der Waals surface area contributed by atoms with Gasteiger partial charge in [0, 0.05) is 103 Å². The van der Waals surface area contributed by atoms with Crippen LogP contribution in [0, 0.1) is 6.92 Å². The van der Waals surface area contributed by atoms with Gasteiger partial charge in [-0.3, -0.25) is 24.0 Å². The number of halogens is 1. The Labute approximate surface area is 407 Å². The number of fused-ring (bicyclic) bond motifs is 3. The number of carbonyl (C=O) groups is 1. The molecule has 0 fully saturated rings. The van der Waals surface area contributed by atoms with Gasteiger partial charge in [0.15, 0.2) is 0 Å². The summed E-state index contributed by atoms with van der Waals surface area (Å²) in [5.74, 6) is 2.84. The average molecular weight is 953 g/mol. The molecule has 0 bridgehead atoms. The fraction of sp³-hybridized carbons (Fsp3) is 0.333. The zero-order chi connectivity index (χ0) is 47.3. The smallest absolute Gasteiger partial charge is 0.302 e. The zero-order valence-electron chi connectivity index (χ0n) is 39.7. The largest absolute Gasteiger partial charge is 0.497 e. The number of methoxy groups -OCH3 is 2. The summed E-state index contributed by atoms with van der Waals surface area (Å²) in [5.41, 5.74) is 13.1. The molecule has 0 atom stereocenters. The molecule has 12 nitrogen and oxygen atoms in total. The normalized spacial score (nSPS) is 12.5. The van der Waals surface area contributed by atoms with Gasteiger partial charge in [-0.1, -0.05) is 48.0 Å². The zero-order valence-corrected chi connectivity index (χ0v) is 41.3. The Kier molecular flexibility index (Phi) is 14.4. The first-order valence-electron chi connectivity index (χ1n) is 23.2. The third-order valence-corrected chi connectivity index (χ3v) is 14.3. The molecule has 14 heteroatoms. The third kappa shape index (κ3) is 10.3. The number of aromatic nitrogens is 6. The Bertz CT molecular complexity index is 3070. The lowest BCUT2D eigenvalue weighted by atomic mass is 9.95. The van der Waals surface area contributed by atoms with Crippen molar-refractivity contribution in [2.45, 2.75) is 89.4 Å². The summed E-state index contributed by atoms with van der Waals surface area (Å²) < 4.78 is 29.1. The fourth-order valence-electron chi connectivity index (χ4n) is 9.43. The summed E-state index contributed by atoms with van der Waals surface area (Å²) in [6, 6.07) is 31.0. The van der Waals surface area contributed by atoms with E-state index in [1.54, 1.807) is 32.2 Å². The molecule has 1 aliphatic heterocycles. The number of esters is 1. The van der Waals surface area contributed by atoms with Crippen LogP contribution in [-0.4, -0.2) is 60.8 Å². The van der Waals surface area contributed by atoms with Crippen LogP contribution in [0.3, 0.4) is 0 Å². The molecular weight excluding hydrogens is 894 g/mol. The SMILES string of the molecule is COc1ccc(COc2cc(SCc3cc(CN(Cc4ccc(OC)cc4)Cc4nn5c(c4-c4c(Cl)ccc6c(CCCOC(C)=O)c(C)n(C)c46)CCCC5)nn3C)cc3cccnc23)cc1. The Morgan fingerprint density at radius 1 is 0.868 bits per heavy atom. The number of aryl methyl sites for hydroxylation is 4. The molecular formula is C54H58ClN7O5S. The highest BCUT2D eigenvalue weighted by molar-refractivity contribution is 7.98. The lowest BCUT2D eigenvalue weighted by Gasteiger charge is -2.22. The molecule has 8 aromatic rings. The molecule has 4 aromatic heterocycles. The Balaban J connectivity index is 1.01. The summed E-state index contributed by atoms with van der Waals surface area (Å²) in [6.45, 7) is 7.15. The molecule has 0 N–H and O–H groups in total. The van der Waals surface area contributed by atoms with Crippen LogP contribution in [-0.2, 0) is 75.0 Å². The van der Waals surface area contributed by atoms with Crippen LogP contribution >= 0.6 is 23.4 Å². The van der Waals surface area contributed by atoms with Gasteiger partial charge in [-0.05, 0) is 110 Å². The minimum atomic E-state index is -0.256. The van der Waals surface area contributed by atoms with Crippen molar-refractivity contribution in [3.05, 3.63) is 147 Å². The highest BCUT2D eigenvalue weighted by Crippen LogP contribution is 2.43. The summed E-state index contributed by atoms with van der Waals surface area (Å²) in [5, 5.41) is 13.4. The van der Waals surface area contributed by atoms with E-state index in [-0.39, 0.29) is 5.97 Å². The predicted octanol–water partition coefficient (Wildman–Crippen LogP) is 11.2. The van der Waals surface area contributed by atoms with Gasteiger partial charge in [0.2, 0.25) is 0 Å². The number of ether oxygens (including phenoxy) is 4. The van der Waals surface area contributed by atoms with E-state index < -0.39 is 0 Å². The first-order valence-corrected chi connectivity index (χ1v) is 24.6. The monoisotopic (exact) mass is 951 g/mol. The van der Waals surface area contributed by atoms with Crippen molar-refractivity contribution in [2.75, 3.05) is 20.8 Å². The van der Waals surface area contributed by atoms with Gasteiger partial charge >= 0.3 is 5.97 Å². The molecule has 68 heavy (non-hydrogen) atoms. The van der Waals surface area contributed by atoms with Crippen molar-refractivity contribution in [1.29, 1.82) is 0 Å². The second-order valence-corrected chi connectivity index (χ2v) is 19.0. The van der Waals surface area contributed by atoms with Gasteiger partial charge in [0.05, 0.1) is 42.8 Å². The van der Waals surface area contributed by atoms with Crippen LogP contribution in [0.1, 0.15) is 71.3 Å². The molecule has 5 heterocycles. The Morgan fingerprint density at radius 3 is 2.38 bits per heavy atom. The second-order valence-electron chi connectivity index (χ2n) is 17.5. The Morgan fingerprint density at radius 2 is 1.63 bits per heavy atom. The van der Waals surface area contributed by atoms with Gasteiger partial charge < -0.3 is 23.5 Å². The van der Waals surface area contributed by atoms with Crippen LogP contribution in [0.5, 0.6) is 17.2 Å². The van der Waals surface area contributed by atoms with E-state index in [0.29, 0.717) is 43.6 Å². The van der Waals surface area contributed by atoms with Crippen molar-refractivity contribution in [3.63, 3.8) is 0 Å². The molecule has 0 amide bonds. The number of pyridine rings is 1. The van der Waals surface area contributed by atoms with Crippen molar-refractivity contribution < 1.29 is 23.7 Å². The molecule has 4 aromatic carbocycles. The standard InChI is InChI=1S/C54H58ClN7O5S/c1-35-45(12-10-26-66-36(2)63)46-22-23-47(55)51(54(46)59(35)3)52-48(58-62-25-8-7-13-49(52)62)32-61(30-37-14-18-42(64-5)19-15-37)31-40-28-41(60(4)57-40)34-68-44-27-39-11-9-24-56-53(39)50(29-44)67-33-38-16-20-43(65-6)21-17-38/h9,11,14-24,27-29H,7-8,10,12-13,25-26,30-34H2,1-6H3. The molecule has 0 unspecified atom stereocenters. The molecule has 0 saturated carbocycles. The number of nitrogens with zero attached hydrogens (tertiary/aromatic N) is 7. The van der Waals surface area contributed by atoms with E-state index in [2.05, 4.69) is 75.6 Å². The molecule has 1 aliphatic rings. The number of rotatable bonds is 19.